The molecule has 7 nitrogen and oxygen atoms in total. The van der Waals surface area contributed by atoms with Gasteiger partial charge in [-0.25, -0.2) is 4.98 Å². The van der Waals surface area contributed by atoms with Crippen molar-refractivity contribution >= 4 is 56.9 Å². The summed E-state index contributed by atoms with van der Waals surface area (Å²) in [6.07, 6.45) is 2.69. The molecule has 27 heavy (non-hydrogen) atoms. The zero-order valence-electron chi connectivity index (χ0n) is 15.9. The average Bonchev–Trinajstić information content (AvgIpc) is 3.17. The fourth-order valence-electron chi connectivity index (χ4n) is 2.57. The average molecular weight is 423 g/mol. The molecule has 3 rings (SSSR count). The van der Waals surface area contributed by atoms with Crippen LogP contribution < -0.4 is 5.32 Å². The van der Waals surface area contributed by atoms with Crippen LogP contribution >= 0.6 is 34.9 Å². The van der Waals surface area contributed by atoms with Crippen LogP contribution in [-0.2, 0) is 7.05 Å². The van der Waals surface area contributed by atoms with Gasteiger partial charge in [-0.1, -0.05) is 43.9 Å². The second-order valence-electron chi connectivity index (χ2n) is 6.25. The molecule has 0 aliphatic heterocycles. The van der Waals surface area contributed by atoms with E-state index in [0.717, 1.165) is 38.1 Å². The molecule has 10 heteroatoms. The molecule has 1 N–H and O–H groups in total. The summed E-state index contributed by atoms with van der Waals surface area (Å²) in [6.45, 7) is 8.27. The summed E-state index contributed by atoms with van der Waals surface area (Å²) in [6, 6.07) is 0. The van der Waals surface area contributed by atoms with Crippen LogP contribution in [0.3, 0.4) is 0 Å². The molecule has 0 spiro atoms. The van der Waals surface area contributed by atoms with Gasteiger partial charge in [0.15, 0.2) is 9.99 Å². The van der Waals surface area contributed by atoms with E-state index in [4.69, 9.17) is 0 Å². The van der Waals surface area contributed by atoms with E-state index in [-0.39, 0.29) is 5.91 Å². The number of anilines is 1. The fourth-order valence-corrected chi connectivity index (χ4v) is 5.34. The number of aryl methyl sites for hydroxylation is 2. The highest BCUT2D eigenvalue weighted by Gasteiger charge is 2.22. The smallest absolute Gasteiger partial charge is 0.260 e. The first-order valence-electron chi connectivity index (χ1n) is 8.67. The topological polar surface area (TPSA) is 85.6 Å². The Morgan fingerprint density at radius 1 is 1.37 bits per heavy atom. The third-order valence-corrected chi connectivity index (χ3v) is 6.94. The van der Waals surface area contributed by atoms with Crippen molar-refractivity contribution in [3.8, 4) is 0 Å². The number of fused-ring (bicyclic) bond motifs is 1. The maximum absolute atomic E-state index is 12.9. The van der Waals surface area contributed by atoms with E-state index in [2.05, 4.69) is 46.4 Å². The van der Waals surface area contributed by atoms with Crippen LogP contribution in [0.25, 0.3) is 11.0 Å². The molecular weight excluding hydrogens is 400 g/mol. The first-order chi connectivity index (χ1) is 12.9. The van der Waals surface area contributed by atoms with Gasteiger partial charge in [0.2, 0.25) is 5.13 Å². The molecule has 3 heterocycles. The number of pyridine rings is 1. The number of carbonyl (C=O) groups excluding carboxylic acids is 1. The Morgan fingerprint density at radius 2 is 2.15 bits per heavy atom. The monoisotopic (exact) mass is 422 g/mol. The van der Waals surface area contributed by atoms with Gasteiger partial charge in [-0.2, -0.15) is 5.10 Å². The molecule has 0 radical (unpaired) electrons. The Hall–Kier alpha value is -1.65. The highest BCUT2D eigenvalue weighted by molar-refractivity contribution is 8.01. The molecule has 0 aromatic carbocycles. The van der Waals surface area contributed by atoms with Crippen LogP contribution in [0.1, 0.15) is 43.2 Å². The van der Waals surface area contributed by atoms with Crippen LogP contribution in [0.2, 0.25) is 0 Å². The summed E-state index contributed by atoms with van der Waals surface area (Å²) < 4.78 is 2.61. The minimum atomic E-state index is -0.223. The van der Waals surface area contributed by atoms with Gasteiger partial charge >= 0.3 is 0 Å². The summed E-state index contributed by atoms with van der Waals surface area (Å²) >= 11 is 4.69. The zero-order chi connectivity index (χ0) is 19.6. The molecule has 0 bridgehead atoms. The summed E-state index contributed by atoms with van der Waals surface area (Å²) in [5, 5.41) is 17.3. The zero-order valence-corrected chi connectivity index (χ0v) is 18.4. The summed E-state index contributed by atoms with van der Waals surface area (Å²) in [7, 11) is 1.86. The van der Waals surface area contributed by atoms with Gasteiger partial charge in [-0.3, -0.25) is 14.8 Å². The maximum Gasteiger partial charge on any atom is 0.260 e. The first kappa shape index (κ1) is 20.1. The molecule has 1 amide bonds. The number of amides is 1. The van der Waals surface area contributed by atoms with Crippen molar-refractivity contribution in [3.63, 3.8) is 0 Å². The molecule has 0 saturated carbocycles. The molecule has 0 saturated heterocycles. The van der Waals surface area contributed by atoms with E-state index in [0.29, 0.717) is 15.9 Å². The highest BCUT2D eigenvalue weighted by Crippen LogP contribution is 2.35. The molecule has 0 aliphatic carbocycles. The predicted octanol–water partition coefficient (Wildman–Crippen LogP) is 4.38. The van der Waals surface area contributed by atoms with Crippen molar-refractivity contribution in [2.45, 2.75) is 48.6 Å². The number of hydrogen-bond acceptors (Lipinski definition) is 8. The Kier molecular flexibility index (Phi) is 6.38. The van der Waals surface area contributed by atoms with Crippen LogP contribution in [-0.4, -0.2) is 41.9 Å². The van der Waals surface area contributed by atoms with Crippen molar-refractivity contribution in [3.05, 3.63) is 17.5 Å². The SMILES string of the molecule is CCCSc1nnc(NC(=O)c2cnc3c(c(C)nn3C)c2SC(C)C)s1. The highest BCUT2D eigenvalue weighted by atomic mass is 32.2. The van der Waals surface area contributed by atoms with Gasteiger partial charge < -0.3 is 0 Å². The first-order valence-corrected chi connectivity index (χ1v) is 11.4. The van der Waals surface area contributed by atoms with E-state index in [1.807, 2.05) is 14.0 Å². The number of nitrogens with one attached hydrogen (secondary N) is 1. The minimum absolute atomic E-state index is 0.223. The second-order valence-corrected chi connectivity index (χ2v) is 10.2. The third-order valence-electron chi connectivity index (χ3n) is 3.63. The third kappa shape index (κ3) is 4.44. The second kappa shape index (κ2) is 8.57. The lowest BCUT2D eigenvalue weighted by Crippen LogP contribution is -2.14. The van der Waals surface area contributed by atoms with Gasteiger partial charge in [0.1, 0.15) is 0 Å². The predicted molar refractivity (Wildman–Crippen MR) is 113 cm³/mol. The number of nitrogens with zero attached hydrogens (tertiary/aromatic N) is 5. The van der Waals surface area contributed by atoms with E-state index < -0.39 is 0 Å². The summed E-state index contributed by atoms with van der Waals surface area (Å²) in [5.74, 6) is 0.762. The Morgan fingerprint density at radius 3 is 2.85 bits per heavy atom. The molecule has 3 aromatic rings. The lowest BCUT2D eigenvalue weighted by Gasteiger charge is -2.12. The minimum Gasteiger partial charge on any atom is -0.296 e. The fraction of sp³-hybridized carbons (Fsp3) is 0.471. The summed E-state index contributed by atoms with van der Waals surface area (Å²) in [4.78, 5) is 18.3. The van der Waals surface area contributed by atoms with Crippen molar-refractivity contribution < 1.29 is 4.79 Å². The Balaban J connectivity index is 1.93. The number of rotatable bonds is 7. The maximum atomic E-state index is 12.9. The van der Waals surface area contributed by atoms with Crippen LogP contribution in [0, 0.1) is 6.92 Å². The van der Waals surface area contributed by atoms with Crippen molar-refractivity contribution in [1.82, 2.24) is 25.0 Å². The van der Waals surface area contributed by atoms with E-state index in [9.17, 15) is 4.79 Å². The Labute approximate surface area is 170 Å². The van der Waals surface area contributed by atoms with Gasteiger partial charge in [0, 0.05) is 29.1 Å². The molecule has 0 unspecified atom stereocenters. The number of aromatic nitrogens is 5. The quantitative estimate of drug-likeness (QED) is 0.446. The lowest BCUT2D eigenvalue weighted by molar-refractivity contribution is 0.102. The van der Waals surface area contributed by atoms with Gasteiger partial charge in [0.05, 0.1) is 16.6 Å². The summed E-state index contributed by atoms with van der Waals surface area (Å²) in [5.41, 5.74) is 2.18. The standard InChI is InChI=1S/C17H22N6OS3/c1-6-7-25-17-21-20-16(27-17)19-15(24)11-8-18-14-12(10(4)22-23(14)5)13(11)26-9(2)3/h8-9H,6-7H2,1-5H3,(H,19,20,24). The van der Waals surface area contributed by atoms with E-state index in [1.54, 1.807) is 34.4 Å². The van der Waals surface area contributed by atoms with Crippen molar-refractivity contribution in [2.24, 2.45) is 7.05 Å². The van der Waals surface area contributed by atoms with Gasteiger partial charge in [0.25, 0.3) is 5.91 Å². The number of thioether (sulfide) groups is 2. The van der Waals surface area contributed by atoms with E-state index in [1.165, 1.54) is 11.3 Å². The van der Waals surface area contributed by atoms with Crippen molar-refractivity contribution in [2.75, 3.05) is 11.1 Å². The molecular formula is C17H22N6OS3. The largest absolute Gasteiger partial charge is 0.296 e. The van der Waals surface area contributed by atoms with Crippen LogP contribution in [0.15, 0.2) is 15.4 Å². The van der Waals surface area contributed by atoms with E-state index >= 15 is 0 Å². The number of hydrogen-bond donors (Lipinski definition) is 1. The van der Waals surface area contributed by atoms with Gasteiger partial charge in [-0.15, -0.1) is 22.0 Å². The van der Waals surface area contributed by atoms with Crippen LogP contribution in [0.5, 0.6) is 0 Å². The van der Waals surface area contributed by atoms with Crippen molar-refractivity contribution in [1.29, 1.82) is 0 Å². The molecule has 0 aliphatic rings. The van der Waals surface area contributed by atoms with Crippen LogP contribution in [0.4, 0.5) is 5.13 Å². The molecule has 3 aromatic heterocycles. The molecule has 144 valence electrons. The Bertz CT molecular complexity index is 965. The molecule has 0 atom stereocenters. The lowest BCUT2D eigenvalue weighted by atomic mass is 10.2. The normalized spacial score (nSPS) is 11.5. The number of carbonyl (C=O) groups is 1. The van der Waals surface area contributed by atoms with Gasteiger partial charge in [-0.05, 0) is 13.3 Å². The molecule has 0 fully saturated rings.